The summed E-state index contributed by atoms with van der Waals surface area (Å²) in [5.74, 6) is -0.0545. The average molecular weight is 429 g/mol. The Labute approximate surface area is 184 Å². The van der Waals surface area contributed by atoms with Crippen molar-refractivity contribution in [3.05, 3.63) is 86.2 Å². The molecule has 0 saturated carbocycles. The number of aromatic nitrogens is 4. The molecule has 0 spiro atoms. The van der Waals surface area contributed by atoms with Crippen LogP contribution in [0.25, 0.3) is 22.4 Å². The maximum Gasteiger partial charge on any atom is 0.332 e. The monoisotopic (exact) mass is 429 g/mol. The van der Waals surface area contributed by atoms with Gasteiger partial charge in [0.15, 0.2) is 11.5 Å². The SMILES string of the molecule is Cc1ccc(-c2ncc3c(=O)n(CC(=O)Nc4ccc(C)c(C)c4)c(=O)n(C)c3n2)cc1. The van der Waals surface area contributed by atoms with E-state index in [-0.39, 0.29) is 11.0 Å². The number of carbonyl (C=O) groups is 1. The zero-order chi connectivity index (χ0) is 23.0. The van der Waals surface area contributed by atoms with Crippen molar-refractivity contribution in [2.45, 2.75) is 27.3 Å². The summed E-state index contributed by atoms with van der Waals surface area (Å²) in [4.78, 5) is 47.1. The fourth-order valence-corrected chi connectivity index (χ4v) is 3.43. The Bertz CT molecular complexity index is 1470. The number of nitrogens with one attached hydrogen (secondary N) is 1. The van der Waals surface area contributed by atoms with Gasteiger partial charge < -0.3 is 5.32 Å². The number of carbonyl (C=O) groups excluding carboxylic acids is 1. The number of aryl methyl sites for hydroxylation is 4. The molecule has 0 unspecified atom stereocenters. The fraction of sp³-hybridized carbons (Fsp3) is 0.208. The Morgan fingerprint density at radius 2 is 1.72 bits per heavy atom. The van der Waals surface area contributed by atoms with Crippen LogP contribution in [0.5, 0.6) is 0 Å². The third kappa shape index (κ3) is 3.94. The van der Waals surface area contributed by atoms with Crippen LogP contribution in [0, 0.1) is 20.8 Å². The van der Waals surface area contributed by atoms with Crippen LogP contribution in [0.1, 0.15) is 16.7 Å². The second-order valence-electron chi connectivity index (χ2n) is 7.88. The first-order chi connectivity index (χ1) is 15.2. The number of anilines is 1. The molecule has 8 nitrogen and oxygen atoms in total. The molecule has 0 radical (unpaired) electrons. The average Bonchev–Trinajstić information content (AvgIpc) is 2.78. The number of amides is 1. The van der Waals surface area contributed by atoms with Crippen molar-refractivity contribution >= 4 is 22.6 Å². The molecule has 162 valence electrons. The highest BCUT2D eigenvalue weighted by molar-refractivity contribution is 5.90. The Hall–Kier alpha value is -4.07. The molecular formula is C24H23N5O3. The summed E-state index contributed by atoms with van der Waals surface area (Å²) < 4.78 is 2.16. The van der Waals surface area contributed by atoms with Gasteiger partial charge in [0.25, 0.3) is 5.56 Å². The van der Waals surface area contributed by atoms with E-state index in [9.17, 15) is 14.4 Å². The number of fused-ring (bicyclic) bond motifs is 1. The van der Waals surface area contributed by atoms with Gasteiger partial charge in [-0.15, -0.1) is 0 Å². The van der Waals surface area contributed by atoms with E-state index in [4.69, 9.17) is 0 Å². The molecule has 4 aromatic rings. The van der Waals surface area contributed by atoms with Gasteiger partial charge in [-0.3, -0.25) is 18.7 Å². The van der Waals surface area contributed by atoms with Gasteiger partial charge in [0.05, 0.1) is 0 Å². The highest BCUT2D eigenvalue weighted by Gasteiger charge is 2.16. The van der Waals surface area contributed by atoms with Crippen LogP contribution in [-0.2, 0) is 18.4 Å². The number of hydrogen-bond donors (Lipinski definition) is 1. The number of rotatable bonds is 4. The second kappa shape index (κ2) is 8.22. The zero-order valence-electron chi connectivity index (χ0n) is 18.3. The van der Waals surface area contributed by atoms with E-state index in [1.165, 1.54) is 17.8 Å². The molecule has 0 bridgehead atoms. The number of benzene rings is 2. The van der Waals surface area contributed by atoms with Crippen LogP contribution >= 0.6 is 0 Å². The van der Waals surface area contributed by atoms with Gasteiger partial charge in [-0.25, -0.2) is 14.8 Å². The molecule has 0 aliphatic carbocycles. The molecule has 0 aliphatic rings. The molecule has 32 heavy (non-hydrogen) atoms. The molecule has 0 saturated heterocycles. The largest absolute Gasteiger partial charge is 0.332 e. The molecular weight excluding hydrogens is 406 g/mol. The van der Waals surface area contributed by atoms with E-state index in [1.807, 2.05) is 57.2 Å². The highest BCUT2D eigenvalue weighted by Crippen LogP contribution is 2.17. The van der Waals surface area contributed by atoms with Crippen molar-refractivity contribution in [3.63, 3.8) is 0 Å². The summed E-state index contributed by atoms with van der Waals surface area (Å²) in [7, 11) is 1.52. The zero-order valence-corrected chi connectivity index (χ0v) is 18.3. The third-order valence-corrected chi connectivity index (χ3v) is 5.48. The molecule has 2 aromatic heterocycles. The first kappa shape index (κ1) is 21.2. The van der Waals surface area contributed by atoms with Crippen molar-refractivity contribution < 1.29 is 4.79 Å². The fourth-order valence-electron chi connectivity index (χ4n) is 3.43. The number of hydrogen-bond acceptors (Lipinski definition) is 5. The summed E-state index contributed by atoms with van der Waals surface area (Å²) in [6.45, 7) is 5.49. The van der Waals surface area contributed by atoms with E-state index in [2.05, 4.69) is 15.3 Å². The molecule has 1 amide bonds. The van der Waals surface area contributed by atoms with Crippen molar-refractivity contribution in [2.24, 2.45) is 7.05 Å². The van der Waals surface area contributed by atoms with Crippen molar-refractivity contribution in [1.29, 1.82) is 0 Å². The van der Waals surface area contributed by atoms with E-state index < -0.39 is 23.7 Å². The van der Waals surface area contributed by atoms with Crippen LogP contribution in [0.3, 0.4) is 0 Å². The lowest BCUT2D eigenvalue weighted by Crippen LogP contribution is -2.42. The topological polar surface area (TPSA) is 98.9 Å². The summed E-state index contributed by atoms with van der Waals surface area (Å²) in [6, 6.07) is 13.2. The van der Waals surface area contributed by atoms with Gasteiger partial charge in [-0.2, -0.15) is 0 Å². The second-order valence-corrected chi connectivity index (χ2v) is 7.88. The van der Waals surface area contributed by atoms with Crippen LogP contribution in [-0.4, -0.2) is 25.0 Å². The smallest absolute Gasteiger partial charge is 0.325 e. The summed E-state index contributed by atoms with van der Waals surface area (Å²) in [5.41, 5.74) is 3.62. The highest BCUT2D eigenvalue weighted by atomic mass is 16.2. The Morgan fingerprint density at radius 3 is 2.41 bits per heavy atom. The third-order valence-electron chi connectivity index (χ3n) is 5.48. The van der Waals surface area contributed by atoms with Gasteiger partial charge in [-0.05, 0) is 44.0 Å². The number of nitrogens with zero attached hydrogens (tertiary/aromatic N) is 4. The molecule has 8 heteroatoms. The lowest BCUT2D eigenvalue weighted by atomic mass is 10.1. The van der Waals surface area contributed by atoms with Gasteiger partial charge in [0, 0.05) is 24.5 Å². The normalized spacial score (nSPS) is 11.0. The van der Waals surface area contributed by atoms with Crippen molar-refractivity contribution in [1.82, 2.24) is 19.1 Å². The minimum absolute atomic E-state index is 0.168. The van der Waals surface area contributed by atoms with Crippen LogP contribution in [0.4, 0.5) is 5.69 Å². The molecule has 4 rings (SSSR count). The Kier molecular flexibility index (Phi) is 5.44. The van der Waals surface area contributed by atoms with Crippen molar-refractivity contribution in [3.8, 4) is 11.4 Å². The molecule has 2 heterocycles. The van der Waals surface area contributed by atoms with Crippen LogP contribution < -0.4 is 16.6 Å². The summed E-state index contributed by atoms with van der Waals surface area (Å²) in [5, 5.41) is 2.91. The van der Waals surface area contributed by atoms with Crippen molar-refractivity contribution in [2.75, 3.05) is 5.32 Å². The Balaban J connectivity index is 1.69. The minimum Gasteiger partial charge on any atom is -0.325 e. The van der Waals surface area contributed by atoms with Gasteiger partial charge >= 0.3 is 5.69 Å². The minimum atomic E-state index is -0.619. The van der Waals surface area contributed by atoms with Gasteiger partial charge in [0.2, 0.25) is 5.91 Å². The predicted octanol–water partition coefficient (Wildman–Crippen LogP) is 2.72. The first-order valence-electron chi connectivity index (χ1n) is 10.2. The standard InChI is InChI=1S/C24H23N5O3/c1-14-5-8-17(9-6-14)21-25-12-19-22(27-21)28(4)24(32)29(23(19)31)13-20(30)26-18-10-7-15(2)16(3)11-18/h5-12H,13H2,1-4H3,(H,26,30). The van der Waals surface area contributed by atoms with Crippen LogP contribution in [0.15, 0.2) is 58.3 Å². The van der Waals surface area contributed by atoms with E-state index in [0.717, 1.165) is 26.8 Å². The summed E-state index contributed by atoms with van der Waals surface area (Å²) >= 11 is 0. The molecule has 0 aliphatic heterocycles. The van der Waals surface area contributed by atoms with E-state index in [0.29, 0.717) is 11.5 Å². The van der Waals surface area contributed by atoms with E-state index in [1.54, 1.807) is 6.07 Å². The van der Waals surface area contributed by atoms with Gasteiger partial charge in [0.1, 0.15) is 11.9 Å². The van der Waals surface area contributed by atoms with E-state index >= 15 is 0 Å². The maximum atomic E-state index is 13.0. The molecule has 0 fully saturated rings. The lowest BCUT2D eigenvalue weighted by Gasteiger charge is -2.12. The first-order valence-corrected chi connectivity index (χ1v) is 10.2. The maximum absolute atomic E-state index is 13.0. The van der Waals surface area contributed by atoms with Crippen LogP contribution in [0.2, 0.25) is 0 Å². The molecule has 0 atom stereocenters. The summed E-state index contributed by atoms with van der Waals surface area (Å²) in [6.07, 6.45) is 1.40. The quantitative estimate of drug-likeness (QED) is 0.538. The predicted molar refractivity (Wildman–Crippen MR) is 124 cm³/mol. The molecule has 1 N–H and O–H groups in total. The lowest BCUT2D eigenvalue weighted by molar-refractivity contribution is -0.116. The molecule has 2 aromatic carbocycles. The Morgan fingerprint density at radius 1 is 1.00 bits per heavy atom. The van der Waals surface area contributed by atoms with Gasteiger partial charge in [-0.1, -0.05) is 35.9 Å².